The zero-order valence-electron chi connectivity index (χ0n) is 26.0. The molecule has 9 aromatic rings. The molecule has 0 atom stereocenters. The molecule has 0 unspecified atom stereocenters. The highest BCUT2D eigenvalue weighted by Crippen LogP contribution is 2.43. The van der Waals surface area contributed by atoms with Crippen molar-refractivity contribution in [1.82, 2.24) is 19.9 Å². The van der Waals surface area contributed by atoms with E-state index in [2.05, 4.69) is 24.8 Å². The Morgan fingerprint density at radius 2 is 0.926 bits per heavy atom. The van der Waals surface area contributed by atoms with Crippen molar-refractivity contribution < 1.29 is 35.1 Å². The molecule has 0 bridgehead atoms. The smallest absolute Gasteiger partial charge is 0.244 e. The highest BCUT2D eigenvalue weighted by molar-refractivity contribution is 7.27. The number of benzene rings is 5. The van der Waals surface area contributed by atoms with Gasteiger partial charge in [-0.2, -0.15) is 5.26 Å². The standard InChI is InChI=1S/C36H8F8N6S4/c1-46-32-30(43)28(41)23(29(42)31(32)44)36-48-10-21(54-36)34-50-17-5-12-3-13-6-18-16(4-11(13)2-14(12)7-19(17)52-34)49-33(51-18)20-9-47-35(53-20)22-26(39)24(37)15(8-45)25(38)27(22)40/h2-7,9-10H. The molecule has 6 nitrogen and oxygen atoms in total. The highest BCUT2D eigenvalue weighted by Gasteiger charge is 2.30. The molecular formula is C36H8F8N6S4. The van der Waals surface area contributed by atoms with Gasteiger partial charge in [-0.3, -0.25) is 0 Å². The normalized spacial score (nSPS) is 11.7. The maximum Gasteiger partial charge on any atom is 0.262 e. The first-order valence-electron chi connectivity index (χ1n) is 15.0. The Balaban J connectivity index is 1.06. The maximum atomic E-state index is 14.7. The van der Waals surface area contributed by atoms with Crippen molar-refractivity contribution in [3.63, 3.8) is 0 Å². The molecule has 0 aliphatic carbocycles. The van der Waals surface area contributed by atoms with E-state index in [0.717, 1.165) is 59.7 Å². The molecule has 0 N–H and O–H groups in total. The molecule has 4 aromatic heterocycles. The number of thiazole rings is 4. The van der Waals surface area contributed by atoms with Gasteiger partial charge in [0.05, 0.1) is 47.9 Å². The van der Waals surface area contributed by atoms with Crippen LogP contribution in [0.5, 0.6) is 0 Å². The van der Waals surface area contributed by atoms with Gasteiger partial charge in [-0.1, -0.05) is 0 Å². The molecule has 262 valence electrons. The van der Waals surface area contributed by atoms with Crippen LogP contribution in [-0.4, -0.2) is 19.9 Å². The van der Waals surface area contributed by atoms with Gasteiger partial charge < -0.3 is 0 Å². The molecule has 9 rings (SSSR count). The van der Waals surface area contributed by atoms with Crippen LogP contribution in [-0.2, 0) is 0 Å². The second-order valence-corrected chi connectivity index (χ2v) is 15.6. The minimum atomic E-state index is -1.80. The molecule has 0 radical (unpaired) electrons. The van der Waals surface area contributed by atoms with Crippen molar-refractivity contribution in [2.24, 2.45) is 0 Å². The fourth-order valence-electron chi connectivity index (χ4n) is 5.86. The predicted octanol–water partition coefficient (Wildman–Crippen LogP) is 12.3. The lowest BCUT2D eigenvalue weighted by Crippen LogP contribution is -2.03. The van der Waals surface area contributed by atoms with Gasteiger partial charge in [0.1, 0.15) is 31.7 Å². The molecule has 18 heteroatoms. The third kappa shape index (κ3) is 5.06. The van der Waals surface area contributed by atoms with Crippen molar-refractivity contribution in [2.75, 3.05) is 0 Å². The van der Waals surface area contributed by atoms with Gasteiger partial charge in [0.25, 0.3) is 5.69 Å². The third-order valence-electron chi connectivity index (χ3n) is 8.40. The number of hydrogen-bond acceptors (Lipinski definition) is 9. The van der Waals surface area contributed by atoms with Crippen LogP contribution in [0.3, 0.4) is 0 Å². The van der Waals surface area contributed by atoms with Gasteiger partial charge in [-0.15, -0.1) is 45.3 Å². The van der Waals surface area contributed by atoms with Crippen LogP contribution in [0.1, 0.15) is 5.56 Å². The minimum Gasteiger partial charge on any atom is -0.244 e. The molecule has 0 saturated heterocycles. The number of fused-ring (bicyclic) bond motifs is 4. The third-order valence-corrected chi connectivity index (χ3v) is 12.8. The van der Waals surface area contributed by atoms with Crippen LogP contribution >= 0.6 is 45.3 Å². The molecule has 0 aliphatic rings. The van der Waals surface area contributed by atoms with Crippen LogP contribution in [0.4, 0.5) is 40.8 Å². The van der Waals surface area contributed by atoms with Gasteiger partial charge in [0.15, 0.2) is 46.5 Å². The van der Waals surface area contributed by atoms with E-state index in [9.17, 15) is 35.1 Å². The summed E-state index contributed by atoms with van der Waals surface area (Å²) in [6.45, 7) is 6.82. The van der Waals surface area contributed by atoms with E-state index in [1.54, 1.807) is 0 Å². The molecule has 0 fully saturated rings. The Morgan fingerprint density at radius 3 is 1.33 bits per heavy atom. The zero-order valence-corrected chi connectivity index (χ0v) is 29.2. The first-order chi connectivity index (χ1) is 25.9. The van der Waals surface area contributed by atoms with Crippen LogP contribution in [0.25, 0.3) is 87.7 Å². The summed E-state index contributed by atoms with van der Waals surface area (Å²) in [4.78, 5) is 20.6. The van der Waals surface area contributed by atoms with Crippen LogP contribution in [0.2, 0.25) is 0 Å². The van der Waals surface area contributed by atoms with E-state index in [4.69, 9.17) is 11.8 Å². The van der Waals surface area contributed by atoms with Gasteiger partial charge >= 0.3 is 0 Å². The first kappa shape index (κ1) is 33.9. The average Bonchev–Trinajstić information content (AvgIpc) is 3.98. The topological polar surface area (TPSA) is 79.7 Å². The fourth-order valence-corrected chi connectivity index (χ4v) is 9.83. The van der Waals surface area contributed by atoms with E-state index >= 15 is 0 Å². The van der Waals surface area contributed by atoms with E-state index in [1.807, 2.05) is 36.4 Å². The number of rotatable bonds is 4. The Kier molecular flexibility index (Phi) is 7.73. The molecule has 0 amide bonds. The van der Waals surface area contributed by atoms with Gasteiger partial charge in [0.2, 0.25) is 0 Å². The molecular weight excluding hydrogens is 797 g/mol. The van der Waals surface area contributed by atoms with E-state index in [1.165, 1.54) is 35.1 Å². The maximum absolute atomic E-state index is 14.7. The van der Waals surface area contributed by atoms with Crippen LogP contribution < -0.4 is 0 Å². The number of halogens is 8. The zero-order chi connectivity index (χ0) is 37.7. The fraction of sp³-hybridized carbons (Fsp3) is 0. The van der Waals surface area contributed by atoms with Crippen molar-refractivity contribution in [3.8, 4) is 47.0 Å². The van der Waals surface area contributed by atoms with Crippen LogP contribution in [0, 0.1) is 64.4 Å². The van der Waals surface area contributed by atoms with E-state index in [-0.39, 0.29) is 10.0 Å². The lowest BCUT2D eigenvalue weighted by atomic mass is 10.0. The summed E-state index contributed by atoms with van der Waals surface area (Å²) >= 11 is 4.12. The quantitative estimate of drug-likeness (QED) is 0.0766. The molecule has 54 heavy (non-hydrogen) atoms. The van der Waals surface area contributed by atoms with Crippen molar-refractivity contribution >= 4 is 93.0 Å². The molecule has 0 aliphatic heterocycles. The number of nitrogens with zero attached hydrogens (tertiary/aromatic N) is 6. The second-order valence-electron chi connectivity index (χ2n) is 11.5. The summed E-state index contributed by atoms with van der Waals surface area (Å²) in [5, 5.41) is 12.5. The molecule has 4 heterocycles. The van der Waals surface area contributed by atoms with Gasteiger partial charge in [-0.05, 0) is 57.9 Å². The summed E-state index contributed by atoms with van der Waals surface area (Å²) in [7, 11) is 0. The Labute approximate surface area is 311 Å². The number of nitriles is 1. The predicted molar refractivity (Wildman–Crippen MR) is 192 cm³/mol. The molecule has 5 aromatic carbocycles. The number of hydrogen-bond donors (Lipinski definition) is 0. The summed E-state index contributed by atoms with van der Waals surface area (Å²) < 4.78 is 117. The summed E-state index contributed by atoms with van der Waals surface area (Å²) in [6.07, 6.45) is 2.59. The van der Waals surface area contributed by atoms with Crippen molar-refractivity contribution in [1.29, 1.82) is 5.26 Å². The van der Waals surface area contributed by atoms with Crippen molar-refractivity contribution in [3.05, 3.63) is 112 Å². The molecule has 0 spiro atoms. The van der Waals surface area contributed by atoms with Gasteiger partial charge in [-0.25, -0.2) is 59.9 Å². The summed E-state index contributed by atoms with van der Waals surface area (Å²) in [6, 6.07) is 12.6. The lowest BCUT2D eigenvalue weighted by molar-refractivity contribution is 0.454. The second kappa shape index (κ2) is 12.3. The summed E-state index contributed by atoms with van der Waals surface area (Å²) in [5.41, 5.74) is -3.53. The van der Waals surface area contributed by atoms with E-state index in [0.29, 0.717) is 30.8 Å². The summed E-state index contributed by atoms with van der Waals surface area (Å²) in [5.74, 6) is -14.1. The monoisotopic (exact) mass is 804 g/mol. The average molecular weight is 805 g/mol. The SMILES string of the molecule is [C-]#[N+]c1c(F)c(F)c(-c2ncc(-c3nc4cc5cc6cc7sc(-c8cnc(-c9c(F)c(F)c(C#N)c(F)c9F)s8)nc7cc6cc5cc4s3)s2)c(F)c1F. The Hall–Kier alpha value is -5.92. The Bertz CT molecular complexity index is 2850. The molecule has 0 saturated carbocycles. The Morgan fingerprint density at radius 1 is 0.519 bits per heavy atom. The largest absolute Gasteiger partial charge is 0.262 e. The minimum absolute atomic E-state index is 0.322. The van der Waals surface area contributed by atoms with Crippen LogP contribution in [0.15, 0.2) is 48.8 Å². The van der Waals surface area contributed by atoms with Gasteiger partial charge in [0, 0.05) is 12.4 Å². The first-order valence-corrected chi connectivity index (χ1v) is 18.2. The lowest BCUT2D eigenvalue weighted by Gasteiger charge is -2.06. The van der Waals surface area contributed by atoms with Crippen molar-refractivity contribution in [2.45, 2.75) is 0 Å². The number of aromatic nitrogens is 4. The van der Waals surface area contributed by atoms with E-state index < -0.39 is 68.9 Å². The highest BCUT2D eigenvalue weighted by atomic mass is 32.1.